The maximum Gasteiger partial charge on any atom is 0.243 e. The minimum Gasteiger partial charge on any atom is -0.493 e. The number of hydrogen-bond acceptors (Lipinski definition) is 4. The largest absolute Gasteiger partial charge is 0.493 e. The van der Waals surface area contributed by atoms with Gasteiger partial charge in [-0.2, -0.15) is 4.31 Å². The van der Waals surface area contributed by atoms with Crippen molar-refractivity contribution in [3.63, 3.8) is 0 Å². The lowest BCUT2D eigenvalue weighted by molar-refractivity contribution is 0.353. The van der Waals surface area contributed by atoms with Gasteiger partial charge in [-0.05, 0) is 25.0 Å². The Morgan fingerprint density at radius 3 is 2.10 bits per heavy atom. The Morgan fingerprint density at radius 2 is 1.55 bits per heavy atom. The summed E-state index contributed by atoms with van der Waals surface area (Å²) in [6.07, 6.45) is 4.04. The molecule has 1 fully saturated rings. The lowest BCUT2D eigenvalue weighted by Gasteiger charge is -2.20. The van der Waals surface area contributed by atoms with Gasteiger partial charge in [-0.25, -0.2) is 8.42 Å². The van der Waals surface area contributed by atoms with Crippen molar-refractivity contribution in [2.75, 3.05) is 27.3 Å². The third-order valence-electron chi connectivity index (χ3n) is 3.56. The van der Waals surface area contributed by atoms with E-state index in [2.05, 4.69) is 0 Å². The van der Waals surface area contributed by atoms with Gasteiger partial charge < -0.3 is 9.47 Å². The van der Waals surface area contributed by atoms with Crippen LogP contribution in [-0.4, -0.2) is 40.0 Å². The third kappa shape index (κ3) is 3.07. The van der Waals surface area contributed by atoms with E-state index in [0.29, 0.717) is 24.6 Å². The van der Waals surface area contributed by atoms with Crippen LogP contribution in [0.3, 0.4) is 0 Å². The molecule has 0 radical (unpaired) electrons. The Labute approximate surface area is 120 Å². The van der Waals surface area contributed by atoms with Gasteiger partial charge in [0.1, 0.15) is 0 Å². The van der Waals surface area contributed by atoms with Gasteiger partial charge in [0.05, 0.1) is 19.1 Å². The first kappa shape index (κ1) is 15.1. The van der Waals surface area contributed by atoms with Crippen molar-refractivity contribution < 1.29 is 17.9 Å². The molecule has 0 unspecified atom stereocenters. The van der Waals surface area contributed by atoms with Crippen LogP contribution in [-0.2, 0) is 10.0 Å². The van der Waals surface area contributed by atoms with Crippen LogP contribution in [0.15, 0.2) is 23.1 Å². The molecular formula is C14H21NO4S. The van der Waals surface area contributed by atoms with Crippen LogP contribution in [0.25, 0.3) is 0 Å². The number of rotatable bonds is 4. The Hall–Kier alpha value is -1.27. The lowest BCUT2D eigenvalue weighted by Crippen LogP contribution is -2.31. The van der Waals surface area contributed by atoms with Crippen molar-refractivity contribution in [1.29, 1.82) is 0 Å². The third-order valence-corrected chi connectivity index (χ3v) is 5.45. The molecule has 0 amide bonds. The summed E-state index contributed by atoms with van der Waals surface area (Å²) in [5, 5.41) is 0. The second kappa shape index (κ2) is 6.45. The lowest BCUT2D eigenvalue weighted by atomic mass is 10.2. The molecule has 5 nitrogen and oxygen atoms in total. The Bertz CT molecular complexity index is 548. The van der Waals surface area contributed by atoms with E-state index in [1.165, 1.54) is 20.3 Å². The molecule has 0 aliphatic carbocycles. The molecule has 6 heteroatoms. The van der Waals surface area contributed by atoms with Crippen LogP contribution in [0.4, 0.5) is 0 Å². The van der Waals surface area contributed by atoms with Crippen LogP contribution in [0.2, 0.25) is 0 Å². The molecule has 20 heavy (non-hydrogen) atoms. The molecule has 1 aromatic rings. The Balaban J connectivity index is 2.33. The normalized spacial score (nSPS) is 17.5. The van der Waals surface area contributed by atoms with Gasteiger partial charge in [0.15, 0.2) is 11.5 Å². The van der Waals surface area contributed by atoms with Gasteiger partial charge >= 0.3 is 0 Å². The molecule has 112 valence electrons. The fourth-order valence-electron chi connectivity index (χ4n) is 2.41. The molecule has 1 saturated heterocycles. The zero-order valence-corrected chi connectivity index (χ0v) is 12.8. The minimum atomic E-state index is -3.45. The molecule has 0 N–H and O–H groups in total. The summed E-state index contributed by atoms with van der Waals surface area (Å²) in [6, 6.07) is 4.73. The standard InChI is InChI=1S/C14H21NO4S/c1-18-13-8-7-12(11-14(13)19-2)20(16,17)15-9-5-3-4-6-10-15/h7-8,11H,3-6,9-10H2,1-2H3. The highest BCUT2D eigenvalue weighted by atomic mass is 32.2. The van der Waals surface area contributed by atoms with Crippen LogP contribution >= 0.6 is 0 Å². The highest BCUT2D eigenvalue weighted by Crippen LogP contribution is 2.31. The molecule has 2 rings (SSSR count). The number of ether oxygens (including phenoxy) is 2. The van der Waals surface area contributed by atoms with Gasteiger partial charge in [-0.1, -0.05) is 12.8 Å². The van der Waals surface area contributed by atoms with E-state index in [1.54, 1.807) is 16.4 Å². The zero-order valence-electron chi connectivity index (χ0n) is 12.0. The van der Waals surface area contributed by atoms with Gasteiger partial charge in [-0.15, -0.1) is 0 Å². The molecule has 0 aromatic heterocycles. The summed E-state index contributed by atoms with van der Waals surface area (Å²) >= 11 is 0. The summed E-state index contributed by atoms with van der Waals surface area (Å²) in [4.78, 5) is 0.261. The van der Waals surface area contributed by atoms with Crippen LogP contribution < -0.4 is 9.47 Å². The van der Waals surface area contributed by atoms with E-state index in [1.807, 2.05) is 0 Å². The Kier molecular flexibility index (Phi) is 4.88. The molecular weight excluding hydrogens is 278 g/mol. The van der Waals surface area contributed by atoms with Crippen LogP contribution in [0.1, 0.15) is 25.7 Å². The van der Waals surface area contributed by atoms with Crippen LogP contribution in [0, 0.1) is 0 Å². The summed E-state index contributed by atoms with van der Waals surface area (Å²) in [5.41, 5.74) is 0. The minimum absolute atomic E-state index is 0.261. The molecule has 1 aliphatic rings. The SMILES string of the molecule is COc1ccc(S(=O)(=O)N2CCCCCC2)cc1OC. The van der Waals surface area contributed by atoms with E-state index in [4.69, 9.17) is 9.47 Å². The average Bonchev–Trinajstić information content (AvgIpc) is 2.76. The molecule has 1 heterocycles. The number of nitrogens with zero attached hydrogens (tertiary/aromatic N) is 1. The van der Waals surface area contributed by atoms with E-state index in [0.717, 1.165) is 25.7 Å². The summed E-state index contributed by atoms with van der Waals surface area (Å²) in [7, 11) is -0.416. The number of hydrogen-bond donors (Lipinski definition) is 0. The van der Waals surface area contributed by atoms with Gasteiger partial charge in [-0.3, -0.25) is 0 Å². The molecule has 0 bridgehead atoms. The molecule has 1 aliphatic heterocycles. The highest BCUT2D eigenvalue weighted by Gasteiger charge is 2.26. The molecule has 0 saturated carbocycles. The van der Waals surface area contributed by atoms with Crippen molar-refractivity contribution in [3.8, 4) is 11.5 Å². The average molecular weight is 299 g/mol. The number of sulfonamides is 1. The smallest absolute Gasteiger partial charge is 0.243 e. The van der Waals surface area contributed by atoms with Crippen molar-refractivity contribution >= 4 is 10.0 Å². The maximum atomic E-state index is 12.6. The second-order valence-corrected chi connectivity index (χ2v) is 6.77. The first-order valence-corrected chi connectivity index (χ1v) is 8.26. The van der Waals surface area contributed by atoms with Gasteiger partial charge in [0.25, 0.3) is 0 Å². The first-order chi connectivity index (χ1) is 9.59. The van der Waals surface area contributed by atoms with Crippen molar-refractivity contribution in [1.82, 2.24) is 4.31 Å². The molecule has 0 spiro atoms. The quantitative estimate of drug-likeness (QED) is 0.856. The van der Waals surface area contributed by atoms with E-state index >= 15 is 0 Å². The fraction of sp³-hybridized carbons (Fsp3) is 0.571. The van der Waals surface area contributed by atoms with Gasteiger partial charge in [0.2, 0.25) is 10.0 Å². The molecule has 1 aromatic carbocycles. The van der Waals surface area contributed by atoms with E-state index in [-0.39, 0.29) is 4.90 Å². The summed E-state index contributed by atoms with van der Waals surface area (Å²) in [6.45, 7) is 1.19. The van der Waals surface area contributed by atoms with Crippen molar-refractivity contribution in [2.24, 2.45) is 0 Å². The zero-order chi connectivity index (χ0) is 14.6. The fourth-order valence-corrected chi connectivity index (χ4v) is 3.94. The van der Waals surface area contributed by atoms with Crippen molar-refractivity contribution in [3.05, 3.63) is 18.2 Å². The summed E-state index contributed by atoms with van der Waals surface area (Å²) < 4.78 is 37.2. The highest BCUT2D eigenvalue weighted by molar-refractivity contribution is 7.89. The van der Waals surface area contributed by atoms with E-state index in [9.17, 15) is 8.42 Å². The second-order valence-electron chi connectivity index (χ2n) is 4.84. The topological polar surface area (TPSA) is 55.8 Å². The predicted octanol–water partition coefficient (Wildman–Crippen LogP) is 2.27. The number of methoxy groups -OCH3 is 2. The van der Waals surface area contributed by atoms with Gasteiger partial charge in [0, 0.05) is 19.2 Å². The maximum absolute atomic E-state index is 12.6. The van der Waals surface area contributed by atoms with Crippen LogP contribution in [0.5, 0.6) is 11.5 Å². The van der Waals surface area contributed by atoms with E-state index < -0.39 is 10.0 Å². The van der Waals surface area contributed by atoms with Crippen molar-refractivity contribution in [2.45, 2.75) is 30.6 Å². The monoisotopic (exact) mass is 299 g/mol. The number of benzene rings is 1. The first-order valence-electron chi connectivity index (χ1n) is 6.82. The predicted molar refractivity (Wildman–Crippen MR) is 76.8 cm³/mol. The summed E-state index contributed by atoms with van der Waals surface area (Å²) in [5.74, 6) is 0.964. The molecule has 0 atom stereocenters. The Morgan fingerprint density at radius 1 is 0.950 bits per heavy atom.